The predicted molar refractivity (Wildman–Crippen MR) is 64.3 cm³/mol. The zero-order chi connectivity index (χ0) is 11.5. The Labute approximate surface area is 95.1 Å². The van der Waals surface area contributed by atoms with Crippen LogP contribution in [0.15, 0.2) is 36.7 Å². The van der Waals surface area contributed by atoms with Gasteiger partial charge in [0.15, 0.2) is 0 Å². The number of hydrogen-bond donors (Lipinski definition) is 0. The fourth-order valence-corrected chi connectivity index (χ4v) is 1.54. The highest BCUT2D eigenvalue weighted by molar-refractivity contribution is 5.61. The average Bonchev–Trinajstić information content (AvgIpc) is 2.75. The Morgan fingerprint density at radius 3 is 2.38 bits per heavy atom. The lowest BCUT2D eigenvalue weighted by Gasteiger charge is -2.17. The van der Waals surface area contributed by atoms with Crippen molar-refractivity contribution >= 4 is 11.4 Å². The summed E-state index contributed by atoms with van der Waals surface area (Å²) < 4.78 is 6.91. The lowest BCUT2D eigenvalue weighted by atomic mass is 10.2. The summed E-state index contributed by atoms with van der Waals surface area (Å²) in [5.41, 5.74) is 2.17. The Balaban J connectivity index is 2.23. The van der Waals surface area contributed by atoms with Crippen LogP contribution < -0.4 is 9.64 Å². The third kappa shape index (κ3) is 2.00. The van der Waals surface area contributed by atoms with E-state index in [-0.39, 0.29) is 0 Å². The average molecular weight is 217 g/mol. The number of anilines is 2. The Hall–Kier alpha value is -1.97. The molecule has 0 fully saturated rings. The molecule has 4 nitrogen and oxygen atoms in total. The second-order valence-electron chi connectivity index (χ2n) is 3.63. The first-order chi connectivity index (χ1) is 7.70. The number of methoxy groups -OCH3 is 1. The number of nitrogens with zero attached hydrogens (tertiary/aromatic N) is 3. The standard InChI is InChI=1S/C12H15N3O/c1-14-9-11(8-13-14)15(2)10-4-6-12(16-3)7-5-10/h4-9H,1-3H3. The lowest BCUT2D eigenvalue weighted by molar-refractivity contribution is 0.415. The summed E-state index contributed by atoms with van der Waals surface area (Å²) in [5.74, 6) is 0.864. The van der Waals surface area contributed by atoms with Gasteiger partial charge in [0.1, 0.15) is 5.75 Å². The summed E-state index contributed by atoms with van der Waals surface area (Å²) in [5, 5.41) is 4.15. The smallest absolute Gasteiger partial charge is 0.119 e. The van der Waals surface area contributed by atoms with Gasteiger partial charge in [0.05, 0.1) is 19.0 Å². The van der Waals surface area contributed by atoms with Crippen molar-refractivity contribution in [2.24, 2.45) is 7.05 Å². The molecule has 0 bridgehead atoms. The van der Waals surface area contributed by atoms with Gasteiger partial charge in [0.25, 0.3) is 0 Å². The molecule has 0 spiro atoms. The molecule has 0 saturated carbocycles. The maximum atomic E-state index is 5.12. The molecule has 0 aliphatic carbocycles. The van der Waals surface area contributed by atoms with Crippen LogP contribution in [0, 0.1) is 0 Å². The number of hydrogen-bond acceptors (Lipinski definition) is 3. The number of aryl methyl sites for hydroxylation is 1. The van der Waals surface area contributed by atoms with Gasteiger partial charge in [-0.05, 0) is 24.3 Å². The van der Waals surface area contributed by atoms with E-state index in [1.807, 2.05) is 50.8 Å². The van der Waals surface area contributed by atoms with Crippen LogP contribution >= 0.6 is 0 Å². The van der Waals surface area contributed by atoms with E-state index < -0.39 is 0 Å². The van der Waals surface area contributed by atoms with E-state index in [1.165, 1.54) is 0 Å². The zero-order valence-corrected chi connectivity index (χ0v) is 9.71. The highest BCUT2D eigenvalue weighted by Gasteiger charge is 2.05. The number of ether oxygens (including phenoxy) is 1. The second kappa shape index (κ2) is 4.26. The van der Waals surface area contributed by atoms with Crippen molar-refractivity contribution in [2.45, 2.75) is 0 Å². The fraction of sp³-hybridized carbons (Fsp3) is 0.250. The SMILES string of the molecule is COc1ccc(N(C)c2cnn(C)c2)cc1. The molecular weight excluding hydrogens is 202 g/mol. The monoisotopic (exact) mass is 217 g/mol. The third-order valence-corrected chi connectivity index (χ3v) is 2.54. The van der Waals surface area contributed by atoms with Gasteiger partial charge >= 0.3 is 0 Å². The Kier molecular flexibility index (Phi) is 2.81. The molecule has 0 radical (unpaired) electrons. The molecule has 1 aromatic carbocycles. The van der Waals surface area contributed by atoms with Crippen LogP contribution in [0.5, 0.6) is 5.75 Å². The Morgan fingerprint density at radius 2 is 1.88 bits per heavy atom. The molecule has 16 heavy (non-hydrogen) atoms. The van der Waals surface area contributed by atoms with Crippen molar-refractivity contribution in [3.05, 3.63) is 36.7 Å². The first-order valence-corrected chi connectivity index (χ1v) is 5.07. The molecule has 0 unspecified atom stereocenters. The molecule has 0 saturated heterocycles. The van der Waals surface area contributed by atoms with Crippen LogP contribution in [-0.2, 0) is 7.05 Å². The molecule has 4 heteroatoms. The molecule has 0 aliphatic rings. The van der Waals surface area contributed by atoms with Crippen LogP contribution in [0.25, 0.3) is 0 Å². The fourth-order valence-electron chi connectivity index (χ4n) is 1.54. The van der Waals surface area contributed by atoms with E-state index in [9.17, 15) is 0 Å². The molecular formula is C12H15N3O. The number of benzene rings is 1. The number of aromatic nitrogens is 2. The first kappa shape index (κ1) is 10.5. The third-order valence-electron chi connectivity index (χ3n) is 2.54. The molecule has 0 aliphatic heterocycles. The lowest BCUT2D eigenvalue weighted by Crippen LogP contribution is -2.08. The summed E-state index contributed by atoms with van der Waals surface area (Å²) in [7, 11) is 5.59. The summed E-state index contributed by atoms with van der Waals surface area (Å²) in [4.78, 5) is 2.08. The molecule has 1 heterocycles. The zero-order valence-electron chi connectivity index (χ0n) is 9.71. The minimum absolute atomic E-state index is 0.864. The maximum absolute atomic E-state index is 5.12. The molecule has 2 aromatic rings. The first-order valence-electron chi connectivity index (χ1n) is 5.07. The van der Waals surface area contributed by atoms with Crippen molar-refractivity contribution in [1.29, 1.82) is 0 Å². The minimum Gasteiger partial charge on any atom is -0.497 e. The maximum Gasteiger partial charge on any atom is 0.119 e. The van der Waals surface area contributed by atoms with Gasteiger partial charge in [-0.1, -0.05) is 0 Å². The van der Waals surface area contributed by atoms with E-state index >= 15 is 0 Å². The summed E-state index contributed by atoms with van der Waals surface area (Å²) in [6.07, 6.45) is 3.81. The highest BCUT2D eigenvalue weighted by Crippen LogP contribution is 2.24. The summed E-state index contributed by atoms with van der Waals surface area (Å²) >= 11 is 0. The largest absolute Gasteiger partial charge is 0.497 e. The van der Waals surface area contributed by atoms with Gasteiger partial charge < -0.3 is 9.64 Å². The number of rotatable bonds is 3. The van der Waals surface area contributed by atoms with Crippen LogP contribution in [0.3, 0.4) is 0 Å². The van der Waals surface area contributed by atoms with E-state index in [0.29, 0.717) is 0 Å². The van der Waals surface area contributed by atoms with E-state index in [4.69, 9.17) is 4.74 Å². The second-order valence-corrected chi connectivity index (χ2v) is 3.63. The normalized spacial score (nSPS) is 10.2. The van der Waals surface area contributed by atoms with Crippen molar-refractivity contribution in [2.75, 3.05) is 19.1 Å². The topological polar surface area (TPSA) is 30.3 Å². The molecule has 84 valence electrons. The quantitative estimate of drug-likeness (QED) is 0.789. The molecule has 0 amide bonds. The predicted octanol–water partition coefficient (Wildman–Crippen LogP) is 2.20. The molecule has 0 N–H and O–H groups in total. The van der Waals surface area contributed by atoms with Crippen LogP contribution in [0.2, 0.25) is 0 Å². The molecule has 2 rings (SSSR count). The summed E-state index contributed by atoms with van der Waals surface area (Å²) in [6.45, 7) is 0. The van der Waals surface area contributed by atoms with Gasteiger partial charge in [0.2, 0.25) is 0 Å². The van der Waals surface area contributed by atoms with Gasteiger partial charge in [-0.2, -0.15) is 5.10 Å². The summed E-state index contributed by atoms with van der Waals surface area (Å²) in [6, 6.07) is 7.93. The van der Waals surface area contributed by atoms with Gasteiger partial charge in [-0.25, -0.2) is 0 Å². The van der Waals surface area contributed by atoms with Gasteiger partial charge in [0, 0.05) is 26.0 Å². The van der Waals surface area contributed by atoms with Crippen LogP contribution in [0.1, 0.15) is 0 Å². The van der Waals surface area contributed by atoms with E-state index in [2.05, 4.69) is 10.00 Å². The molecule has 0 atom stereocenters. The van der Waals surface area contributed by atoms with Crippen molar-refractivity contribution < 1.29 is 4.74 Å². The molecule has 1 aromatic heterocycles. The van der Waals surface area contributed by atoms with E-state index in [0.717, 1.165) is 17.1 Å². The minimum atomic E-state index is 0.864. The highest BCUT2D eigenvalue weighted by atomic mass is 16.5. The Morgan fingerprint density at radius 1 is 1.19 bits per heavy atom. The van der Waals surface area contributed by atoms with Crippen molar-refractivity contribution in [3.63, 3.8) is 0 Å². The van der Waals surface area contributed by atoms with Crippen LogP contribution in [0.4, 0.5) is 11.4 Å². The van der Waals surface area contributed by atoms with Crippen LogP contribution in [-0.4, -0.2) is 23.9 Å². The van der Waals surface area contributed by atoms with Crippen molar-refractivity contribution in [3.8, 4) is 5.75 Å². The van der Waals surface area contributed by atoms with Crippen molar-refractivity contribution in [1.82, 2.24) is 9.78 Å². The Bertz CT molecular complexity index is 461. The van der Waals surface area contributed by atoms with Gasteiger partial charge in [-0.3, -0.25) is 4.68 Å². The van der Waals surface area contributed by atoms with Gasteiger partial charge in [-0.15, -0.1) is 0 Å². The van der Waals surface area contributed by atoms with E-state index in [1.54, 1.807) is 11.8 Å².